The molecule has 0 aliphatic carbocycles. The minimum atomic E-state index is -0.0420. The Morgan fingerprint density at radius 3 is 2.35 bits per heavy atom. The van der Waals surface area contributed by atoms with Crippen molar-refractivity contribution >= 4 is 0 Å². The van der Waals surface area contributed by atoms with Gasteiger partial charge in [-0.25, -0.2) is 4.98 Å². The predicted octanol–water partition coefficient (Wildman–Crippen LogP) is 2.29. The van der Waals surface area contributed by atoms with Gasteiger partial charge in [-0.15, -0.1) is 0 Å². The summed E-state index contributed by atoms with van der Waals surface area (Å²) in [6.07, 6.45) is 0.663. The molecule has 1 heterocycles. The van der Waals surface area contributed by atoms with E-state index in [0.717, 1.165) is 17.1 Å². The second-order valence-electron chi connectivity index (χ2n) is 4.39. The Morgan fingerprint density at radius 2 is 1.76 bits per heavy atom. The highest BCUT2D eigenvalue weighted by atomic mass is 16.1. The SMILES string of the molecule is Cc1ccc(Cc2nc(C)c(C)c(=O)[nH]2)cc1. The lowest BCUT2D eigenvalue weighted by Crippen LogP contribution is -2.16. The van der Waals surface area contributed by atoms with Crippen LogP contribution in [0.15, 0.2) is 29.1 Å². The summed E-state index contributed by atoms with van der Waals surface area (Å²) in [5, 5.41) is 0. The van der Waals surface area contributed by atoms with Crippen LogP contribution in [0.2, 0.25) is 0 Å². The van der Waals surface area contributed by atoms with Crippen LogP contribution in [-0.2, 0) is 6.42 Å². The van der Waals surface area contributed by atoms with Crippen molar-refractivity contribution in [2.75, 3.05) is 0 Å². The maximum atomic E-state index is 11.6. The third-order valence-corrected chi connectivity index (χ3v) is 2.94. The number of benzene rings is 1. The van der Waals surface area contributed by atoms with E-state index in [1.54, 1.807) is 6.92 Å². The number of nitrogens with one attached hydrogen (secondary N) is 1. The molecule has 3 heteroatoms. The predicted molar refractivity (Wildman–Crippen MR) is 68.3 cm³/mol. The summed E-state index contributed by atoms with van der Waals surface area (Å²) in [5.41, 5.74) is 3.84. The monoisotopic (exact) mass is 228 g/mol. The topological polar surface area (TPSA) is 45.8 Å². The summed E-state index contributed by atoms with van der Waals surface area (Å²) in [5.74, 6) is 0.724. The maximum absolute atomic E-state index is 11.6. The first-order valence-electron chi connectivity index (χ1n) is 5.68. The van der Waals surface area contributed by atoms with Gasteiger partial charge in [-0.2, -0.15) is 0 Å². The number of aromatic amines is 1. The van der Waals surface area contributed by atoms with Gasteiger partial charge < -0.3 is 4.98 Å². The first-order valence-corrected chi connectivity index (χ1v) is 5.68. The van der Waals surface area contributed by atoms with E-state index in [1.165, 1.54) is 5.56 Å². The molecule has 0 saturated carbocycles. The number of H-pyrrole nitrogens is 1. The van der Waals surface area contributed by atoms with Gasteiger partial charge in [-0.1, -0.05) is 29.8 Å². The Hall–Kier alpha value is -1.90. The molecule has 0 aliphatic heterocycles. The third-order valence-electron chi connectivity index (χ3n) is 2.94. The number of nitrogens with zero attached hydrogens (tertiary/aromatic N) is 1. The fourth-order valence-corrected chi connectivity index (χ4v) is 1.69. The van der Waals surface area contributed by atoms with Crippen LogP contribution in [0.1, 0.15) is 28.2 Å². The van der Waals surface area contributed by atoms with Crippen LogP contribution in [0, 0.1) is 20.8 Å². The molecular weight excluding hydrogens is 212 g/mol. The molecule has 1 N–H and O–H groups in total. The van der Waals surface area contributed by atoms with E-state index in [4.69, 9.17) is 0 Å². The van der Waals surface area contributed by atoms with E-state index in [0.29, 0.717) is 12.0 Å². The molecule has 0 amide bonds. The van der Waals surface area contributed by atoms with E-state index in [1.807, 2.05) is 6.92 Å². The first-order chi connectivity index (χ1) is 8.06. The highest BCUT2D eigenvalue weighted by Crippen LogP contribution is 2.07. The second-order valence-corrected chi connectivity index (χ2v) is 4.39. The molecule has 88 valence electrons. The smallest absolute Gasteiger partial charge is 0.254 e. The van der Waals surface area contributed by atoms with Crippen molar-refractivity contribution in [3.63, 3.8) is 0 Å². The van der Waals surface area contributed by atoms with Crippen LogP contribution in [-0.4, -0.2) is 9.97 Å². The molecule has 0 atom stereocenters. The van der Waals surface area contributed by atoms with Gasteiger partial charge in [0.1, 0.15) is 5.82 Å². The number of hydrogen-bond acceptors (Lipinski definition) is 2. The van der Waals surface area contributed by atoms with Gasteiger partial charge in [0.25, 0.3) is 5.56 Å². The van der Waals surface area contributed by atoms with Crippen molar-refractivity contribution < 1.29 is 0 Å². The molecular formula is C14H16N2O. The summed E-state index contributed by atoms with van der Waals surface area (Å²) >= 11 is 0. The van der Waals surface area contributed by atoms with Gasteiger partial charge in [0.05, 0.1) is 0 Å². The second kappa shape index (κ2) is 4.53. The molecule has 1 aromatic carbocycles. The van der Waals surface area contributed by atoms with Crippen LogP contribution in [0.4, 0.5) is 0 Å². The summed E-state index contributed by atoms with van der Waals surface area (Å²) < 4.78 is 0. The minimum absolute atomic E-state index is 0.0420. The fourth-order valence-electron chi connectivity index (χ4n) is 1.69. The third kappa shape index (κ3) is 2.61. The van der Waals surface area contributed by atoms with Gasteiger partial charge >= 0.3 is 0 Å². The van der Waals surface area contributed by atoms with Crippen molar-refractivity contribution in [3.05, 3.63) is 62.8 Å². The van der Waals surface area contributed by atoms with Crippen LogP contribution in [0.3, 0.4) is 0 Å². The lowest BCUT2D eigenvalue weighted by molar-refractivity contribution is 0.902. The van der Waals surface area contributed by atoms with E-state index in [9.17, 15) is 4.79 Å². The van der Waals surface area contributed by atoms with Gasteiger partial charge in [-0.05, 0) is 26.3 Å². The zero-order chi connectivity index (χ0) is 12.4. The highest BCUT2D eigenvalue weighted by Gasteiger charge is 2.04. The number of aryl methyl sites for hydroxylation is 2. The average Bonchev–Trinajstić information content (AvgIpc) is 2.29. The van der Waals surface area contributed by atoms with Gasteiger partial charge in [0.2, 0.25) is 0 Å². The van der Waals surface area contributed by atoms with E-state index < -0.39 is 0 Å². The molecule has 17 heavy (non-hydrogen) atoms. The normalized spacial score (nSPS) is 10.5. The van der Waals surface area contributed by atoms with Crippen molar-refractivity contribution in [3.8, 4) is 0 Å². The molecule has 0 aliphatic rings. The van der Waals surface area contributed by atoms with E-state index in [-0.39, 0.29) is 5.56 Å². The zero-order valence-corrected chi connectivity index (χ0v) is 10.4. The Morgan fingerprint density at radius 1 is 1.12 bits per heavy atom. The Bertz CT molecular complexity index is 582. The van der Waals surface area contributed by atoms with Crippen molar-refractivity contribution in [2.24, 2.45) is 0 Å². The zero-order valence-electron chi connectivity index (χ0n) is 10.4. The standard InChI is InChI=1S/C14H16N2O/c1-9-4-6-12(7-5-9)8-13-15-11(3)10(2)14(17)16-13/h4-7H,8H2,1-3H3,(H,15,16,17). The molecule has 0 saturated heterocycles. The summed E-state index contributed by atoms with van der Waals surface area (Å²) in [7, 11) is 0. The van der Waals surface area contributed by atoms with Crippen molar-refractivity contribution in [2.45, 2.75) is 27.2 Å². The molecule has 0 bridgehead atoms. The molecule has 0 fully saturated rings. The quantitative estimate of drug-likeness (QED) is 0.857. The molecule has 0 unspecified atom stereocenters. The fraction of sp³-hybridized carbons (Fsp3) is 0.286. The molecule has 0 spiro atoms. The molecule has 2 aromatic rings. The molecule has 2 rings (SSSR count). The van der Waals surface area contributed by atoms with E-state index >= 15 is 0 Å². The lowest BCUT2D eigenvalue weighted by atomic mass is 10.1. The maximum Gasteiger partial charge on any atom is 0.254 e. The minimum Gasteiger partial charge on any atom is -0.310 e. The summed E-state index contributed by atoms with van der Waals surface area (Å²) in [4.78, 5) is 18.8. The van der Waals surface area contributed by atoms with Crippen LogP contribution in [0.25, 0.3) is 0 Å². The van der Waals surface area contributed by atoms with Crippen LogP contribution in [0.5, 0.6) is 0 Å². The first kappa shape index (κ1) is 11.6. The number of rotatable bonds is 2. The van der Waals surface area contributed by atoms with Gasteiger partial charge in [-0.3, -0.25) is 4.79 Å². The number of aromatic nitrogens is 2. The summed E-state index contributed by atoms with van der Waals surface area (Å²) in [6, 6.07) is 8.25. The Kier molecular flexibility index (Phi) is 3.09. The average molecular weight is 228 g/mol. The lowest BCUT2D eigenvalue weighted by Gasteiger charge is -2.04. The van der Waals surface area contributed by atoms with Gasteiger partial charge in [0.15, 0.2) is 0 Å². The van der Waals surface area contributed by atoms with E-state index in [2.05, 4.69) is 41.2 Å². The Balaban J connectivity index is 2.30. The van der Waals surface area contributed by atoms with Crippen molar-refractivity contribution in [1.82, 2.24) is 9.97 Å². The van der Waals surface area contributed by atoms with Crippen LogP contribution >= 0.6 is 0 Å². The highest BCUT2D eigenvalue weighted by molar-refractivity contribution is 5.24. The Labute approximate surface area is 101 Å². The molecule has 1 aromatic heterocycles. The molecule has 3 nitrogen and oxygen atoms in total. The molecule has 0 radical (unpaired) electrons. The van der Waals surface area contributed by atoms with Crippen molar-refractivity contribution in [1.29, 1.82) is 0 Å². The van der Waals surface area contributed by atoms with Gasteiger partial charge in [0, 0.05) is 17.7 Å². The largest absolute Gasteiger partial charge is 0.310 e. The number of hydrogen-bond donors (Lipinski definition) is 1. The summed E-state index contributed by atoms with van der Waals surface area (Å²) in [6.45, 7) is 5.71. The van der Waals surface area contributed by atoms with Crippen LogP contribution < -0.4 is 5.56 Å².